The van der Waals surface area contributed by atoms with Crippen LogP contribution in [0.5, 0.6) is 0 Å². The highest BCUT2D eigenvalue weighted by molar-refractivity contribution is 6.31. The summed E-state index contributed by atoms with van der Waals surface area (Å²) < 4.78 is 0. The number of hydrogen-bond donors (Lipinski definition) is 1. The van der Waals surface area contributed by atoms with Crippen LogP contribution in [0.4, 0.5) is 0 Å². The summed E-state index contributed by atoms with van der Waals surface area (Å²) in [5.74, 6) is 0.170. The number of nitrogens with zero attached hydrogens (tertiary/aromatic N) is 2. The topological polar surface area (TPSA) is 26.7 Å². The molecular weight excluding hydrogens is 439 g/mol. The molecule has 1 aliphatic heterocycles. The fourth-order valence-corrected chi connectivity index (χ4v) is 5.48. The van der Waals surface area contributed by atoms with Gasteiger partial charge in [-0.2, -0.15) is 0 Å². The zero-order chi connectivity index (χ0) is 22.6. The molecule has 2 aromatic carbocycles. The molecule has 1 saturated heterocycles. The number of halogens is 2. The molecule has 2 unspecified atom stereocenters. The standard InChI is InChI=1S/C27H34Cl2N2O/c1-30-14-16-31(17-15-30)20-24-8-4-3-7-23(18-21-10-12-25(28)13-11-21)27(24,32)19-22-6-2-5-9-26(22)29/h2,5-6,9-13,18,24,32H,3-4,7-8,14-17,19-20H2,1H3. The predicted molar refractivity (Wildman–Crippen MR) is 135 cm³/mol. The van der Waals surface area contributed by atoms with E-state index in [0.717, 1.165) is 85.2 Å². The largest absolute Gasteiger partial charge is 0.385 e. The van der Waals surface area contributed by atoms with Crippen LogP contribution in [0.15, 0.2) is 54.1 Å². The van der Waals surface area contributed by atoms with Gasteiger partial charge in [0.2, 0.25) is 0 Å². The average molecular weight is 473 g/mol. The van der Waals surface area contributed by atoms with Crippen LogP contribution < -0.4 is 0 Å². The summed E-state index contributed by atoms with van der Waals surface area (Å²) in [6.07, 6.45) is 6.92. The van der Waals surface area contributed by atoms with Crippen molar-refractivity contribution in [1.29, 1.82) is 0 Å². The molecule has 4 rings (SSSR count). The summed E-state index contributed by atoms with van der Waals surface area (Å²) in [7, 11) is 2.18. The lowest BCUT2D eigenvalue weighted by molar-refractivity contribution is -0.00642. The van der Waals surface area contributed by atoms with Crippen LogP contribution in [0.2, 0.25) is 10.0 Å². The number of piperazine rings is 1. The Morgan fingerprint density at radius 1 is 1.00 bits per heavy atom. The van der Waals surface area contributed by atoms with E-state index in [-0.39, 0.29) is 5.92 Å². The number of aliphatic hydroxyl groups is 1. The Bertz CT molecular complexity index is 922. The molecule has 1 heterocycles. The third-order valence-electron chi connectivity index (χ3n) is 7.18. The second-order valence-electron chi connectivity index (χ2n) is 9.46. The van der Waals surface area contributed by atoms with Gasteiger partial charge in [-0.05, 0) is 61.2 Å². The van der Waals surface area contributed by atoms with E-state index in [1.54, 1.807) is 0 Å². The molecule has 5 heteroatoms. The second kappa shape index (κ2) is 10.7. The molecule has 1 saturated carbocycles. The van der Waals surface area contributed by atoms with Crippen LogP contribution in [0.1, 0.15) is 36.8 Å². The summed E-state index contributed by atoms with van der Waals surface area (Å²) >= 11 is 12.7. The molecule has 0 bridgehead atoms. The third-order valence-corrected chi connectivity index (χ3v) is 7.80. The molecule has 2 aliphatic rings. The average Bonchev–Trinajstić information content (AvgIpc) is 2.92. The quantitative estimate of drug-likeness (QED) is 0.557. The molecule has 0 aromatic heterocycles. The van der Waals surface area contributed by atoms with Gasteiger partial charge in [0, 0.05) is 55.1 Å². The maximum atomic E-state index is 12.5. The van der Waals surface area contributed by atoms with Crippen molar-refractivity contribution in [3.63, 3.8) is 0 Å². The van der Waals surface area contributed by atoms with Gasteiger partial charge in [-0.3, -0.25) is 0 Å². The van der Waals surface area contributed by atoms with Crippen LogP contribution >= 0.6 is 23.2 Å². The molecule has 3 nitrogen and oxygen atoms in total. The van der Waals surface area contributed by atoms with Gasteiger partial charge in [-0.15, -0.1) is 0 Å². The maximum Gasteiger partial charge on any atom is 0.0940 e. The molecular formula is C27H34Cl2N2O. The van der Waals surface area contributed by atoms with E-state index in [9.17, 15) is 5.11 Å². The maximum absolute atomic E-state index is 12.5. The molecule has 1 aliphatic carbocycles. The Labute approximate surface area is 202 Å². The normalized spacial score (nSPS) is 26.9. The second-order valence-corrected chi connectivity index (χ2v) is 10.3. The fraction of sp³-hybridized carbons (Fsp3) is 0.481. The first kappa shape index (κ1) is 23.8. The minimum absolute atomic E-state index is 0.170. The van der Waals surface area contributed by atoms with Crippen LogP contribution in [0.25, 0.3) is 6.08 Å². The molecule has 2 atom stereocenters. The van der Waals surface area contributed by atoms with Crippen molar-refractivity contribution in [3.05, 3.63) is 75.3 Å². The number of benzene rings is 2. The lowest BCUT2D eigenvalue weighted by atomic mass is 9.74. The van der Waals surface area contributed by atoms with Gasteiger partial charge in [-0.25, -0.2) is 0 Å². The molecule has 172 valence electrons. The summed E-state index contributed by atoms with van der Waals surface area (Å²) in [5.41, 5.74) is 2.30. The highest BCUT2D eigenvalue weighted by Gasteiger charge is 2.42. The highest BCUT2D eigenvalue weighted by Crippen LogP contribution is 2.41. The van der Waals surface area contributed by atoms with Crippen molar-refractivity contribution in [2.45, 2.75) is 37.7 Å². The Morgan fingerprint density at radius 3 is 2.44 bits per heavy atom. The lowest BCUT2D eigenvalue weighted by Crippen LogP contribution is -2.51. The smallest absolute Gasteiger partial charge is 0.0940 e. The molecule has 2 aromatic rings. The van der Waals surface area contributed by atoms with Gasteiger partial charge >= 0.3 is 0 Å². The van der Waals surface area contributed by atoms with Crippen molar-refractivity contribution < 1.29 is 5.11 Å². The Morgan fingerprint density at radius 2 is 1.72 bits per heavy atom. The molecule has 0 amide bonds. The highest BCUT2D eigenvalue weighted by atomic mass is 35.5. The summed E-state index contributed by atoms with van der Waals surface area (Å²) in [6.45, 7) is 5.22. The van der Waals surface area contributed by atoms with Crippen LogP contribution in [0, 0.1) is 5.92 Å². The molecule has 2 fully saturated rings. The Kier molecular flexibility index (Phi) is 7.96. The van der Waals surface area contributed by atoms with Gasteiger partial charge in [0.05, 0.1) is 5.60 Å². The fourth-order valence-electron chi connectivity index (χ4n) is 5.16. The first-order valence-electron chi connectivity index (χ1n) is 11.8. The number of likely N-dealkylation sites (N-methyl/N-ethyl adjacent to an activating group) is 1. The first-order chi connectivity index (χ1) is 15.4. The van der Waals surface area contributed by atoms with E-state index < -0.39 is 5.60 Å². The van der Waals surface area contributed by atoms with Gasteiger partial charge in [-0.1, -0.05) is 66.0 Å². The van der Waals surface area contributed by atoms with Gasteiger partial charge < -0.3 is 14.9 Å². The van der Waals surface area contributed by atoms with Crippen molar-refractivity contribution in [3.8, 4) is 0 Å². The molecule has 0 spiro atoms. The number of hydrogen-bond acceptors (Lipinski definition) is 3. The Hall–Kier alpha value is -1.36. The lowest BCUT2D eigenvalue weighted by Gasteiger charge is -2.42. The molecule has 1 N–H and O–H groups in total. The van der Waals surface area contributed by atoms with Crippen LogP contribution in [-0.4, -0.2) is 60.3 Å². The van der Waals surface area contributed by atoms with Crippen molar-refractivity contribution in [2.24, 2.45) is 5.92 Å². The zero-order valence-electron chi connectivity index (χ0n) is 18.9. The first-order valence-corrected chi connectivity index (χ1v) is 12.5. The van der Waals surface area contributed by atoms with Crippen molar-refractivity contribution in [1.82, 2.24) is 9.80 Å². The minimum atomic E-state index is -0.926. The molecule has 32 heavy (non-hydrogen) atoms. The van der Waals surface area contributed by atoms with E-state index in [4.69, 9.17) is 23.2 Å². The van der Waals surface area contributed by atoms with Gasteiger partial charge in [0.25, 0.3) is 0 Å². The van der Waals surface area contributed by atoms with E-state index >= 15 is 0 Å². The summed E-state index contributed by atoms with van der Waals surface area (Å²) in [6, 6.07) is 15.8. The third kappa shape index (κ3) is 5.76. The van der Waals surface area contributed by atoms with Crippen LogP contribution in [0.3, 0.4) is 0 Å². The predicted octanol–water partition coefficient (Wildman–Crippen LogP) is 5.79. The SMILES string of the molecule is CN1CCN(CC2CCCCC(=Cc3ccc(Cl)cc3)C2(O)Cc2ccccc2Cl)CC1. The minimum Gasteiger partial charge on any atom is -0.385 e. The molecule has 0 radical (unpaired) electrons. The summed E-state index contributed by atoms with van der Waals surface area (Å²) in [5, 5.41) is 13.9. The zero-order valence-corrected chi connectivity index (χ0v) is 20.5. The monoisotopic (exact) mass is 472 g/mol. The number of rotatable bonds is 5. The van der Waals surface area contributed by atoms with Crippen molar-refractivity contribution >= 4 is 29.3 Å². The van der Waals surface area contributed by atoms with Crippen molar-refractivity contribution in [2.75, 3.05) is 39.8 Å². The van der Waals surface area contributed by atoms with E-state index in [2.05, 4.69) is 29.0 Å². The summed E-state index contributed by atoms with van der Waals surface area (Å²) in [4.78, 5) is 4.92. The van der Waals surface area contributed by atoms with E-state index in [0.29, 0.717) is 6.42 Å². The van der Waals surface area contributed by atoms with Gasteiger partial charge in [0.1, 0.15) is 0 Å². The van der Waals surface area contributed by atoms with E-state index in [1.165, 1.54) is 0 Å². The Balaban J connectivity index is 1.69. The van der Waals surface area contributed by atoms with Crippen LogP contribution in [-0.2, 0) is 6.42 Å². The van der Waals surface area contributed by atoms with E-state index in [1.807, 2.05) is 42.5 Å². The van der Waals surface area contributed by atoms with Gasteiger partial charge in [0.15, 0.2) is 0 Å².